The van der Waals surface area contributed by atoms with Crippen molar-refractivity contribution in [2.45, 2.75) is 69.5 Å². The largest absolute Gasteiger partial charge is 0.462 e. The molecule has 0 amide bonds. The molecule has 2 heterocycles. The Bertz CT molecular complexity index is 262. The highest BCUT2D eigenvalue weighted by molar-refractivity contribution is 5.71. The quantitative estimate of drug-likeness (QED) is 0.699. The van der Waals surface area contributed by atoms with Gasteiger partial charge < -0.3 is 19.7 Å². The number of aliphatic hydroxyl groups excluding tert-OH is 2. The maximum atomic E-state index is 11.2. The average molecular weight is 244 g/mol. The van der Waals surface area contributed by atoms with Crippen LogP contribution in [0.1, 0.15) is 39.0 Å². The molecule has 5 heteroatoms. The standard InChI is InChI=1S/C12H20O5/c1-7(13)2-8(14)3-9-4-10-5-11(16-9)6-12(15)17-10/h7-11,13-14H,2-6H2,1H3/t7-,8-,9-,10-,11+/m1/s1. The molecule has 2 aliphatic heterocycles. The molecule has 98 valence electrons. The van der Waals surface area contributed by atoms with E-state index in [1.54, 1.807) is 6.92 Å². The lowest BCUT2D eigenvalue weighted by Gasteiger charge is -2.39. The van der Waals surface area contributed by atoms with Crippen LogP contribution < -0.4 is 0 Å². The average Bonchev–Trinajstić information content (AvgIpc) is 2.12. The van der Waals surface area contributed by atoms with Crippen molar-refractivity contribution in [2.24, 2.45) is 0 Å². The van der Waals surface area contributed by atoms with Crippen LogP contribution in [0.4, 0.5) is 0 Å². The fourth-order valence-corrected chi connectivity index (χ4v) is 2.66. The number of esters is 1. The Hall–Kier alpha value is -0.650. The van der Waals surface area contributed by atoms with Crippen molar-refractivity contribution >= 4 is 5.97 Å². The van der Waals surface area contributed by atoms with Gasteiger partial charge in [-0.05, 0) is 19.8 Å². The summed E-state index contributed by atoms with van der Waals surface area (Å²) in [7, 11) is 0. The zero-order valence-corrected chi connectivity index (χ0v) is 10.0. The molecule has 0 aromatic heterocycles. The molecule has 2 bridgehead atoms. The molecule has 0 radical (unpaired) electrons. The minimum Gasteiger partial charge on any atom is -0.462 e. The first-order valence-electron chi connectivity index (χ1n) is 6.24. The van der Waals surface area contributed by atoms with Crippen LogP contribution in [0.15, 0.2) is 0 Å². The van der Waals surface area contributed by atoms with Gasteiger partial charge in [-0.1, -0.05) is 0 Å². The van der Waals surface area contributed by atoms with E-state index in [0.717, 1.165) is 6.42 Å². The van der Waals surface area contributed by atoms with Crippen molar-refractivity contribution < 1.29 is 24.5 Å². The Balaban J connectivity index is 1.81. The molecule has 17 heavy (non-hydrogen) atoms. The van der Waals surface area contributed by atoms with Crippen molar-refractivity contribution in [3.8, 4) is 0 Å². The molecule has 2 rings (SSSR count). The molecule has 0 unspecified atom stereocenters. The van der Waals surface area contributed by atoms with E-state index >= 15 is 0 Å². The van der Waals surface area contributed by atoms with Crippen molar-refractivity contribution in [1.29, 1.82) is 0 Å². The first-order chi connectivity index (χ1) is 8.02. The van der Waals surface area contributed by atoms with Crippen molar-refractivity contribution in [3.63, 3.8) is 0 Å². The summed E-state index contributed by atoms with van der Waals surface area (Å²) < 4.78 is 10.9. The zero-order chi connectivity index (χ0) is 12.4. The molecule has 2 N–H and O–H groups in total. The molecule has 2 saturated heterocycles. The maximum Gasteiger partial charge on any atom is 0.308 e. The topological polar surface area (TPSA) is 76.0 Å². The molecular weight excluding hydrogens is 224 g/mol. The van der Waals surface area contributed by atoms with Crippen molar-refractivity contribution in [2.75, 3.05) is 0 Å². The molecular formula is C12H20O5. The molecule has 5 nitrogen and oxygen atoms in total. The summed E-state index contributed by atoms with van der Waals surface area (Å²) in [4.78, 5) is 11.2. The van der Waals surface area contributed by atoms with Gasteiger partial charge in [0, 0.05) is 12.8 Å². The third-order valence-corrected chi connectivity index (χ3v) is 3.28. The second-order valence-corrected chi connectivity index (χ2v) is 5.14. The number of rotatable bonds is 4. The lowest BCUT2D eigenvalue weighted by molar-refractivity contribution is -0.186. The van der Waals surface area contributed by atoms with Crippen LogP contribution in [0, 0.1) is 0 Å². The smallest absolute Gasteiger partial charge is 0.308 e. The third-order valence-electron chi connectivity index (χ3n) is 3.28. The minimum atomic E-state index is -0.561. The Labute approximate surface area is 101 Å². The maximum absolute atomic E-state index is 11.2. The zero-order valence-electron chi connectivity index (χ0n) is 10.0. The molecule has 0 spiro atoms. The van der Waals surface area contributed by atoms with E-state index in [4.69, 9.17) is 9.47 Å². The summed E-state index contributed by atoms with van der Waals surface area (Å²) in [5.74, 6) is -0.186. The summed E-state index contributed by atoms with van der Waals surface area (Å²) in [6.07, 6.45) is 1.34. The highest BCUT2D eigenvalue weighted by atomic mass is 16.6. The van der Waals surface area contributed by atoms with Gasteiger partial charge in [0.1, 0.15) is 6.10 Å². The predicted octanol–water partition coefficient (Wildman–Crippen LogP) is 0.371. The molecule has 2 aliphatic rings. The molecule has 0 aliphatic carbocycles. The minimum absolute atomic E-state index is 0.0567. The lowest BCUT2D eigenvalue weighted by Crippen LogP contribution is -2.44. The van der Waals surface area contributed by atoms with Crippen LogP contribution in [0.25, 0.3) is 0 Å². The monoisotopic (exact) mass is 244 g/mol. The molecule has 0 aromatic carbocycles. The van der Waals surface area contributed by atoms with E-state index in [9.17, 15) is 15.0 Å². The number of carbonyl (C=O) groups excluding carboxylic acids is 1. The third kappa shape index (κ3) is 3.66. The molecule has 0 aromatic rings. The predicted molar refractivity (Wildman–Crippen MR) is 59.3 cm³/mol. The van der Waals surface area contributed by atoms with E-state index in [-0.39, 0.29) is 24.3 Å². The lowest BCUT2D eigenvalue weighted by atomic mass is 9.93. The normalized spacial score (nSPS) is 36.2. The first-order valence-corrected chi connectivity index (χ1v) is 6.24. The molecule has 5 atom stereocenters. The summed E-state index contributed by atoms with van der Waals surface area (Å²) in [6.45, 7) is 1.65. The van der Waals surface area contributed by atoms with E-state index < -0.39 is 12.2 Å². The second-order valence-electron chi connectivity index (χ2n) is 5.14. The summed E-state index contributed by atoms with van der Waals surface area (Å²) in [5.41, 5.74) is 0. The van der Waals surface area contributed by atoms with Crippen LogP contribution in [0.3, 0.4) is 0 Å². The number of hydrogen-bond acceptors (Lipinski definition) is 5. The van der Waals surface area contributed by atoms with Gasteiger partial charge in [0.05, 0.1) is 30.8 Å². The van der Waals surface area contributed by atoms with Gasteiger partial charge in [-0.3, -0.25) is 4.79 Å². The number of hydrogen-bond donors (Lipinski definition) is 2. The molecule has 0 saturated carbocycles. The van der Waals surface area contributed by atoms with Gasteiger partial charge in [-0.25, -0.2) is 0 Å². The van der Waals surface area contributed by atoms with Gasteiger partial charge in [0.2, 0.25) is 0 Å². The Kier molecular flexibility index (Phi) is 4.01. The summed E-state index contributed by atoms with van der Waals surface area (Å²) in [5, 5.41) is 18.9. The fraction of sp³-hybridized carbons (Fsp3) is 0.917. The number of aliphatic hydroxyl groups is 2. The SMILES string of the molecule is C[C@@H](O)C[C@@H](O)C[C@@H]1C[C@@H]2C[C@@H](CC(=O)O2)O1. The van der Waals surface area contributed by atoms with Gasteiger partial charge in [0.25, 0.3) is 0 Å². The first kappa shape index (κ1) is 12.8. The highest BCUT2D eigenvalue weighted by Gasteiger charge is 2.37. The van der Waals surface area contributed by atoms with Crippen LogP contribution in [0.5, 0.6) is 0 Å². The Morgan fingerprint density at radius 1 is 1.35 bits per heavy atom. The van der Waals surface area contributed by atoms with Crippen LogP contribution in [0.2, 0.25) is 0 Å². The number of fused-ring (bicyclic) bond motifs is 2. The highest BCUT2D eigenvalue weighted by Crippen LogP contribution is 2.31. The van der Waals surface area contributed by atoms with Gasteiger partial charge in [-0.2, -0.15) is 0 Å². The van der Waals surface area contributed by atoms with Gasteiger partial charge >= 0.3 is 5.97 Å². The van der Waals surface area contributed by atoms with Crippen LogP contribution >= 0.6 is 0 Å². The van der Waals surface area contributed by atoms with E-state index in [1.807, 2.05) is 0 Å². The number of ether oxygens (including phenoxy) is 2. The second kappa shape index (κ2) is 5.33. The fourth-order valence-electron chi connectivity index (χ4n) is 2.66. The van der Waals surface area contributed by atoms with Crippen molar-refractivity contribution in [3.05, 3.63) is 0 Å². The Morgan fingerprint density at radius 3 is 2.76 bits per heavy atom. The van der Waals surface area contributed by atoms with Gasteiger partial charge in [0.15, 0.2) is 0 Å². The number of carbonyl (C=O) groups is 1. The van der Waals surface area contributed by atoms with E-state index in [2.05, 4.69) is 0 Å². The van der Waals surface area contributed by atoms with E-state index in [0.29, 0.717) is 25.7 Å². The molecule has 2 fully saturated rings. The van der Waals surface area contributed by atoms with Gasteiger partial charge in [-0.15, -0.1) is 0 Å². The van der Waals surface area contributed by atoms with E-state index in [1.165, 1.54) is 0 Å². The van der Waals surface area contributed by atoms with Crippen LogP contribution in [-0.2, 0) is 14.3 Å². The van der Waals surface area contributed by atoms with Crippen molar-refractivity contribution in [1.82, 2.24) is 0 Å². The summed E-state index contributed by atoms with van der Waals surface area (Å²) >= 11 is 0. The summed E-state index contributed by atoms with van der Waals surface area (Å²) in [6, 6.07) is 0. The van der Waals surface area contributed by atoms with Crippen LogP contribution in [-0.4, -0.2) is 46.7 Å². The Morgan fingerprint density at radius 2 is 2.12 bits per heavy atom.